The second kappa shape index (κ2) is 3.93. The summed E-state index contributed by atoms with van der Waals surface area (Å²) >= 11 is 0. The van der Waals surface area contributed by atoms with E-state index in [4.69, 9.17) is 0 Å². The SMILES string of the molecule is CC1CC1NC(=O)Cc1ccccc1O. The Labute approximate surface area is 89.1 Å². The van der Waals surface area contributed by atoms with Gasteiger partial charge >= 0.3 is 0 Å². The van der Waals surface area contributed by atoms with Gasteiger partial charge < -0.3 is 10.4 Å². The van der Waals surface area contributed by atoms with Crippen LogP contribution in [0, 0.1) is 5.92 Å². The van der Waals surface area contributed by atoms with Crippen LogP contribution in [0.15, 0.2) is 24.3 Å². The first-order valence-electron chi connectivity index (χ1n) is 5.23. The Hall–Kier alpha value is -1.51. The molecule has 0 saturated heterocycles. The van der Waals surface area contributed by atoms with Crippen molar-refractivity contribution in [2.45, 2.75) is 25.8 Å². The van der Waals surface area contributed by atoms with E-state index in [1.165, 1.54) is 0 Å². The molecule has 0 aromatic heterocycles. The number of carbonyl (C=O) groups is 1. The highest BCUT2D eigenvalue weighted by atomic mass is 16.3. The van der Waals surface area contributed by atoms with E-state index in [0.717, 1.165) is 6.42 Å². The van der Waals surface area contributed by atoms with Gasteiger partial charge in [-0.1, -0.05) is 25.1 Å². The quantitative estimate of drug-likeness (QED) is 0.784. The third kappa shape index (κ3) is 2.49. The van der Waals surface area contributed by atoms with Crippen molar-refractivity contribution in [3.63, 3.8) is 0 Å². The molecule has 2 atom stereocenters. The second-order valence-corrected chi connectivity index (χ2v) is 4.19. The topological polar surface area (TPSA) is 49.3 Å². The summed E-state index contributed by atoms with van der Waals surface area (Å²) in [7, 11) is 0. The summed E-state index contributed by atoms with van der Waals surface area (Å²) in [5.74, 6) is 0.792. The zero-order valence-electron chi connectivity index (χ0n) is 8.73. The minimum Gasteiger partial charge on any atom is -0.508 e. The number of phenolic OH excluding ortho intramolecular Hbond substituents is 1. The molecule has 2 rings (SSSR count). The third-order valence-electron chi connectivity index (χ3n) is 2.80. The summed E-state index contributed by atoms with van der Waals surface area (Å²) in [5.41, 5.74) is 0.684. The number of aromatic hydroxyl groups is 1. The maximum atomic E-state index is 11.5. The van der Waals surface area contributed by atoms with Crippen LogP contribution < -0.4 is 5.32 Å². The molecule has 1 saturated carbocycles. The molecule has 2 N–H and O–H groups in total. The van der Waals surface area contributed by atoms with Gasteiger partial charge in [0, 0.05) is 11.6 Å². The number of carbonyl (C=O) groups excluding carboxylic acids is 1. The normalized spacial score (nSPS) is 23.5. The molecule has 1 aromatic carbocycles. The second-order valence-electron chi connectivity index (χ2n) is 4.19. The van der Waals surface area contributed by atoms with Crippen LogP contribution in [0.5, 0.6) is 5.75 Å². The molecule has 1 aliphatic carbocycles. The van der Waals surface area contributed by atoms with E-state index in [9.17, 15) is 9.90 Å². The van der Waals surface area contributed by atoms with Gasteiger partial charge in [0.1, 0.15) is 5.75 Å². The van der Waals surface area contributed by atoms with Crippen molar-refractivity contribution in [1.82, 2.24) is 5.32 Å². The smallest absolute Gasteiger partial charge is 0.224 e. The third-order valence-corrected chi connectivity index (χ3v) is 2.80. The van der Waals surface area contributed by atoms with E-state index < -0.39 is 0 Å². The van der Waals surface area contributed by atoms with E-state index >= 15 is 0 Å². The number of nitrogens with one attached hydrogen (secondary N) is 1. The lowest BCUT2D eigenvalue weighted by Crippen LogP contribution is -2.28. The predicted octanol–water partition coefficient (Wildman–Crippen LogP) is 1.46. The Bertz CT molecular complexity index is 376. The number of rotatable bonds is 3. The Balaban J connectivity index is 1.91. The molecular weight excluding hydrogens is 190 g/mol. The van der Waals surface area contributed by atoms with E-state index in [2.05, 4.69) is 12.2 Å². The van der Waals surface area contributed by atoms with Crippen LogP contribution in [0.2, 0.25) is 0 Å². The Kier molecular flexibility index (Phi) is 2.62. The van der Waals surface area contributed by atoms with Crippen LogP contribution in [0.25, 0.3) is 0 Å². The molecule has 1 aliphatic rings. The molecule has 1 fully saturated rings. The highest BCUT2D eigenvalue weighted by molar-refractivity contribution is 5.79. The van der Waals surface area contributed by atoms with Crippen LogP contribution in [-0.4, -0.2) is 17.1 Å². The van der Waals surface area contributed by atoms with Crippen LogP contribution in [-0.2, 0) is 11.2 Å². The largest absolute Gasteiger partial charge is 0.508 e. The lowest BCUT2D eigenvalue weighted by Gasteiger charge is -2.05. The fourth-order valence-electron chi connectivity index (χ4n) is 1.61. The van der Waals surface area contributed by atoms with Crippen LogP contribution in [0.1, 0.15) is 18.9 Å². The summed E-state index contributed by atoms with van der Waals surface area (Å²) in [5, 5.41) is 12.4. The first kappa shape index (κ1) is 10.0. The molecule has 1 aromatic rings. The number of amides is 1. The summed E-state index contributed by atoms with van der Waals surface area (Å²) in [4.78, 5) is 11.5. The number of para-hydroxylation sites is 1. The van der Waals surface area contributed by atoms with Crippen molar-refractivity contribution in [2.75, 3.05) is 0 Å². The summed E-state index contributed by atoms with van der Waals surface area (Å²) < 4.78 is 0. The fraction of sp³-hybridized carbons (Fsp3) is 0.417. The van der Waals surface area contributed by atoms with E-state index in [0.29, 0.717) is 17.5 Å². The lowest BCUT2D eigenvalue weighted by molar-refractivity contribution is -0.120. The molecule has 0 radical (unpaired) electrons. The van der Waals surface area contributed by atoms with E-state index in [-0.39, 0.29) is 18.1 Å². The van der Waals surface area contributed by atoms with E-state index in [1.807, 2.05) is 6.07 Å². The molecule has 0 bridgehead atoms. The van der Waals surface area contributed by atoms with Crippen molar-refractivity contribution in [3.05, 3.63) is 29.8 Å². The maximum absolute atomic E-state index is 11.5. The van der Waals surface area contributed by atoms with Crippen molar-refractivity contribution in [3.8, 4) is 5.75 Å². The van der Waals surface area contributed by atoms with Crippen LogP contribution in [0.3, 0.4) is 0 Å². The zero-order valence-corrected chi connectivity index (χ0v) is 8.73. The maximum Gasteiger partial charge on any atom is 0.224 e. The fourth-order valence-corrected chi connectivity index (χ4v) is 1.61. The molecule has 1 amide bonds. The number of hydrogen-bond acceptors (Lipinski definition) is 2. The van der Waals surface area contributed by atoms with Crippen molar-refractivity contribution in [2.24, 2.45) is 5.92 Å². The Morgan fingerprint density at radius 2 is 2.20 bits per heavy atom. The number of phenols is 1. The number of hydrogen-bond donors (Lipinski definition) is 2. The summed E-state index contributed by atoms with van der Waals surface area (Å²) in [6.45, 7) is 2.12. The molecule has 15 heavy (non-hydrogen) atoms. The molecular formula is C12H15NO2. The van der Waals surface area contributed by atoms with Gasteiger partial charge in [0.05, 0.1) is 6.42 Å². The monoisotopic (exact) mass is 205 g/mol. The van der Waals surface area contributed by atoms with Crippen molar-refractivity contribution < 1.29 is 9.90 Å². The predicted molar refractivity (Wildman–Crippen MR) is 57.5 cm³/mol. The molecule has 2 unspecified atom stereocenters. The van der Waals surface area contributed by atoms with Gasteiger partial charge in [-0.25, -0.2) is 0 Å². The van der Waals surface area contributed by atoms with Gasteiger partial charge in [-0.3, -0.25) is 4.79 Å². The summed E-state index contributed by atoms with van der Waals surface area (Å²) in [6, 6.07) is 7.29. The highest BCUT2D eigenvalue weighted by Gasteiger charge is 2.33. The zero-order chi connectivity index (χ0) is 10.8. The number of benzene rings is 1. The average Bonchev–Trinajstić information content (AvgIpc) is 2.86. The molecule has 80 valence electrons. The van der Waals surface area contributed by atoms with E-state index in [1.54, 1.807) is 18.2 Å². The molecule has 0 heterocycles. The van der Waals surface area contributed by atoms with Gasteiger partial charge in [0.25, 0.3) is 0 Å². The Morgan fingerprint density at radius 1 is 1.53 bits per heavy atom. The standard InChI is InChI=1S/C12H15NO2/c1-8-6-10(8)13-12(15)7-9-4-2-3-5-11(9)14/h2-5,8,10,14H,6-7H2,1H3,(H,13,15). The van der Waals surface area contributed by atoms with Crippen molar-refractivity contribution in [1.29, 1.82) is 0 Å². The van der Waals surface area contributed by atoms with Gasteiger partial charge in [-0.05, 0) is 18.4 Å². The molecule has 0 aliphatic heterocycles. The van der Waals surface area contributed by atoms with Gasteiger partial charge in [0.15, 0.2) is 0 Å². The molecule has 3 heteroatoms. The Morgan fingerprint density at radius 3 is 2.80 bits per heavy atom. The average molecular weight is 205 g/mol. The summed E-state index contributed by atoms with van der Waals surface area (Å²) in [6.07, 6.45) is 1.34. The minimum atomic E-state index is -0.00847. The van der Waals surface area contributed by atoms with Crippen molar-refractivity contribution >= 4 is 5.91 Å². The molecule has 3 nitrogen and oxygen atoms in total. The van der Waals surface area contributed by atoms with Gasteiger partial charge in [0.2, 0.25) is 5.91 Å². The molecule has 0 spiro atoms. The van der Waals surface area contributed by atoms with Crippen LogP contribution >= 0.6 is 0 Å². The van der Waals surface area contributed by atoms with Crippen LogP contribution in [0.4, 0.5) is 0 Å². The first-order chi connectivity index (χ1) is 7.16. The van der Waals surface area contributed by atoms with Gasteiger partial charge in [-0.15, -0.1) is 0 Å². The lowest BCUT2D eigenvalue weighted by atomic mass is 10.1. The minimum absolute atomic E-state index is 0.00847. The first-order valence-corrected chi connectivity index (χ1v) is 5.23. The highest BCUT2D eigenvalue weighted by Crippen LogP contribution is 2.29. The van der Waals surface area contributed by atoms with Gasteiger partial charge in [-0.2, -0.15) is 0 Å².